The first kappa shape index (κ1) is 27.8. The van der Waals surface area contributed by atoms with Crippen molar-refractivity contribution in [3.8, 4) is 0 Å². The highest BCUT2D eigenvalue weighted by molar-refractivity contribution is 7.92. The molecule has 2 N–H and O–H groups in total. The number of nitrogens with zero attached hydrogens (tertiary/aromatic N) is 1. The molecule has 0 spiro atoms. The van der Waals surface area contributed by atoms with Crippen molar-refractivity contribution in [2.75, 3.05) is 13.1 Å². The van der Waals surface area contributed by atoms with Gasteiger partial charge >= 0.3 is 6.18 Å². The maximum atomic E-state index is 13.1. The van der Waals surface area contributed by atoms with Crippen molar-refractivity contribution in [3.05, 3.63) is 77.2 Å². The summed E-state index contributed by atoms with van der Waals surface area (Å²) >= 11 is 0. The smallest absolute Gasteiger partial charge is 0.352 e. The van der Waals surface area contributed by atoms with E-state index in [0.29, 0.717) is 24.0 Å². The highest BCUT2D eigenvalue weighted by Crippen LogP contribution is 2.29. The van der Waals surface area contributed by atoms with E-state index in [-0.39, 0.29) is 36.9 Å². The molecule has 1 saturated heterocycles. The quantitative estimate of drug-likeness (QED) is 0.477. The van der Waals surface area contributed by atoms with Gasteiger partial charge in [-0.15, -0.1) is 0 Å². The van der Waals surface area contributed by atoms with Gasteiger partial charge in [0.2, 0.25) is 26.0 Å². The zero-order valence-electron chi connectivity index (χ0n) is 19.2. The topological polar surface area (TPSA) is 113 Å². The van der Waals surface area contributed by atoms with Crippen molar-refractivity contribution < 1.29 is 34.8 Å². The molecule has 1 heterocycles. The summed E-state index contributed by atoms with van der Waals surface area (Å²) in [7, 11) is -7.55. The molecule has 1 amide bonds. The number of carbonyl (C=O) groups excluding carboxylic acids is 1. The highest BCUT2D eigenvalue weighted by Gasteiger charge is 2.35. The molecule has 1 unspecified atom stereocenters. The molecule has 3 rings (SSSR count). The monoisotopic (exact) mass is 545 g/mol. The lowest BCUT2D eigenvalue weighted by Crippen LogP contribution is -2.42. The van der Waals surface area contributed by atoms with Crippen LogP contribution < -0.4 is 10.0 Å². The molecule has 2 aromatic rings. The molecule has 13 heteroatoms. The fraction of sp³-hybridized carbons (Fsp3) is 0.348. The summed E-state index contributed by atoms with van der Waals surface area (Å²) in [5.74, 6) is -0.375. The number of hydrogen-bond donors (Lipinski definition) is 2. The van der Waals surface area contributed by atoms with Crippen LogP contribution in [0.5, 0.6) is 0 Å². The Morgan fingerprint density at radius 2 is 1.64 bits per heavy atom. The van der Waals surface area contributed by atoms with Crippen molar-refractivity contribution >= 4 is 26.0 Å². The Kier molecular flexibility index (Phi) is 8.59. The molecule has 8 nitrogen and oxygen atoms in total. The normalized spacial score (nSPS) is 17.1. The molecular formula is C23H26F3N3O5S2. The predicted octanol–water partition coefficient (Wildman–Crippen LogP) is 2.78. The molecule has 36 heavy (non-hydrogen) atoms. The number of hydrogen-bond acceptors (Lipinski definition) is 5. The van der Waals surface area contributed by atoms with Crippen molar-refractivity contribution in [2.24, 2.45) is 0 Å². The van der Waals surface area contributed by atoms with E-state index < -0.39 is 37.8 Å². The van der Waals surface area contributed by atoms with Crippen LogP contribution in [0.1, 0.15) is 29.5 Å². The Labute approximate surface area is 208 Å². The van der Waals surface area contributed by atoms with Gasteiger partial charge in [-0.2, -0.15) is 17.5 Å². The van der Waals surface area contributed by atoms with Gasteiger partial charge in [-0.05, 0) is 48.2 Å². The average molecular weight is 546 g/mol. The minimum atomic E-state index is -4.43. The minimum absolute atomic E-state index is 0.0230. The SMILES string of the molecule is C=CS(=O)(=O)NCC1CCCN1S(=O)(=O)c1ccc(CC(=O)NCc2ccc(C(F)(F)F)cc2)cc1. The lowest BCUT2D eigenvalue weighted by Gasteiger charge is -2.24. The Balaban J connectivity index is 1.58. The Bertz CT molecular complexity index is 1290. The third kappa shape index (κ3) is 7.15. The van der Waals surface area contributed by atoms with E-state index >= 15 is 0 Å². The molecule has 1 fully saturated rings. The molecule has 0 radical (unpaired) electrons. The summed E-state index contributed by atoms with van der Waals surface area (Å²) in [6.07, 6.45) is -3.37. The number of amides is 1. The largest absolute Gasteiger partial charge is 0.416 e. The van der Waals surface area contributed by atoms with Gasteiger partial charge in [-0.25, -0.2) is 21.6 Å². The first-order chi connectivity index (χ1) is 16.8. The van der Waals surface area contributed by atoms with Gasteiger partial charge in [0.15, 0.2) is 0 Å². The van der Waals surface area contributed by atoms with Crippen LogP contribution in [0.3, 0.4) is 0 Å². The van der Waals surface area contributed by atoms with Crippen LogP contribution >= 0.6 is 0 Å². The van der Waals surface area contributed by atoms with Crippen molar-refractivity contribution in [3.63, 3.8) is 0 Å². The summed E-state index contributed by atoms with van der Waals surface area (Å²) in [6.45, 7) is 3.46. The van der Waals surface area contributed by atoms with Crippen molar-refractivity contribution in [2.45, 2.75) is 42.9 Å². The van der Waals surface area contributed by atoms with E-state index in [4.69, 9.17) is 0 Å². The molecule has 1 atom stereocenters. The summed E-state index contributed by atoms with van der Waals surface area (Å²) in [5.41, 5.74) is 0.287. The van der Waals surface area contributed by atoms with E-state index in [9.17, 15) is 34.8 Å². The maximum Gasteiger partial charge on any atom is 0.416 e. The molecule has 0 aliphatic carbocycles. The number of nitrogens with one attached hydrogen (secondary N) is 2. The lowest BCUT2D eigenvalue weighted by atomic mass is 10.1. The zero-order valence-corrected chi connectivity index (χ0v) is 20.8. The average Bonchev–Trinajstić information content (AvgIpc) is 3.31. The first-order valence-corrected chi connectivity index (χ1v) is 14.0. The molecular weight excluding hydrogens is 519 g/mol. The number of halogens is 3. The number of rotatable bonds is 10. The molecule has 0 bridgehead atoms. The van der Waals surface area contributed by atoms with E-state index in [1.54, 1.807) is 0 Å². The van der Waals surface area contributed by atoms with Gasteiger partial charge in [0.05, 0.1) is 16.9 Å². The molecule has 2 aromatic carbocycles. The molecule has 1 aliphatic rings. The van der Waals surface area contributed by atoms with Gasteiger partial charge in [-0.3, -0.25) is 4.79 Å². The van der Waals surface area contributed by atoms with Crippen LogP contribution in [0.2, 0.25) is 0 Å². The fourth-order valence-electron chi connectivity index (χ4n) is 3.78. The molecule has 196 valence electrons. The number of alkyl halides is 3. The van der Waals surface area contributed by atoms with Crippen LogP contribution in [0.25, 0.3) is 0 Å². The number of benzene rings is 2. The fourth-order valence-corrected chi connectivity index (χ4v) is 6.01. The highest BCUT2D eigenvalue weighted by atomic mass is 32.2. The minimum Gasteiger partial charge on any atom is -0.352 e. The van der Waals surface area contributed by atoms with Crippen LogP contribution in [-0.2, 0) is 44.0 Å². The summed E-state index contributed by atoms with van der Waals surface area (Å²) < 4.78 is 90.9. The third-order valence-corrected chi connectivity index (χ3v) is 8.70. The number of sulfonamides is 2. The van der Waals surface area contributed by atoms with E-state index in [2.05, 4.69) is 16.6 Å². The van der Waals surface area contributed by atoms with Crippen LogP contribution in [0.4, 0.5) is 13.2 Å². The van der Waals surface area contributed by atoms with Crippen molar-refractivity contribution in [1.29, 1.82) is 0 Å². The van der Waals surface area contributed by atoms with Gasteiger partial charge in [0, 0.05) is 31.1 Å². The van der Waals surface area contributed by atoms with Gasteiger partial charge in [0.1, 0.15) is 0 Å². The maximum absolute atomic E-state index is 13.1. The molecule has 0 saturated carbocycles. The third-order valence-electron chi connectivity index (χ3n) is 5.73. The molecule has 1 aliphatic heterocycles. The van der Waals surface area contributed by atoms with Crippen molar-refractivity contribution in [1.82, 2.24) is 14.3 Å². The van der Waals surface area contributed by atoms with E-state index in [0.717, 1.165) is 17.5 Å². The summed E-state index contributed by atoms with van der Waals surface area (Å²) in [6, 6.07) is 9.73. The molecule has 0 aromatic heterocycles. The van der Waals surface area contributed by atoms with Crippen LogP contribution in [0.15, 0.2) is 65.4 Å². The lowest BCUT2D eigenvalue weighted by molar-refractivity contribution is -0.137. The summed E-state index contributed by atoms with van der Waals surface area (Å²) in [4.78, 5) is 12.3. The Hall–Kier alpha value is -2.74. The standard InChI is InChI=1S/C23H26F3N3O5S2/c1-2-35(31,32)28-16-20-4-3-13-29(20)36(33,34)21-11-7-17(8-12-21)14-22(30)27-15-18-5-9-19(10-6-18)23(24,25)26/h2,5-12,20,28H,1,3-4,13-16H2,(H,27,30). The summed E-state index contributed by atoms with van der Waals surface area (Å²) in [5, 5.41) is 3.39. The van der Waals surface area contributed by atoms with Gasteiger partial charge in [-0.1, -0.05) is 30.8 Å². The predicted molar refractivity (Wildman–Crippen MR) is 127 cm³/mol. The van der Waals surface area contributed by atoms with Crippen LogP contribution in [-0.4, -0.2) is 46.2 Å². The zero-order chi connectivity index (χ0) is 26.6. The van der Waals surface area contributed by atoms with E-state index in [1.165, 1.54) is 40.7 Å². The second kappa shape index (κ2) is 11.1. The number of carbonyl (C=O) groups is 1. The van der Waals surface area contributed by atoms with Gasteiger partial charge < -0.3 is 5.32 Å². The Morgan fingerprint density at radius 1 is 1.03 bits per heavy atom. The van der Waals surface area contributed by atoms with E-state index in [1.807, 2.05) is 0 Å². The first-order valence-electron chi connectivity index (χ1n) is 11.0. The second-order valence-electron chi connectivity index (χ2n) is 8.26. The Morgan fingerprint density at radius 3 is 2.22 bits per heavy atom. The van der Waals surface area contributed by atoms with Crippen LogP contribution in [0, 0.1) is 0 Å². The van der Waals surface area contributed by atoms with Gasteiger partial charge in [0.25, 0.3) is 0 Å². The second-order valence-corrected chi connectivity index (χ2v) is 11.9.